The van der Waals surface area contributed by atoms with Crippen LogP contribution in [0, 0.1) is 0 Å². The summed E-state index contributed by atoms with van der Waals surface area (Å²) in [7, 11) is 48.3. The van der Waals surface area contributed by atoms with Crippen LogP contribution in [-0.2, 0) is 313 Å². The molecule has 0 radical (unpaired) electrons. The standard InChI is InChI=1S/C18H23BrO5.C16H15BrO5.S16.S15/c1-6-23-17(21)13(10-16(20)24-18(2,3)4)9-12-7-8-14(19)11-15(12)22-5;1-4-21-16(19)10-5-12-13(15(6-10)22-9(2)18)7-11(17)8-14(12)20-3;1-3-5-7-9-11-13-15-16-14-12-10-8-6-4-2;1-3-5-7-9-11-13-15-14-12-10-8-6-4-2/h7-9,11H,6,10H2,1-5H3;5-8H,4H2,1-3H3;;/b13-9+;;;. The molecular formula is C34H38Br2O10S31. The minimum absolute atomic E-state index is 0.171. The lowest BCUT2D eigenvalue weighted by Crippen LogP contribution is -2.25. The Balaban J connectivity index is 0.00000102. The maximum absolute atomic E-state index is 12.2. The first-order chi connectivity index (χ1) is 36.9. The zero-order valence-electron chi connectivity index (χ0n) is 39.7. The van der Waals surface area contributed by atoms with Gasteiger partial charge in [0, 0.05) is 322 Å². The Morgan fingerprint density at radius 3 is 1.31 bits per heavy atom. The van der Waals surface area contributed by atoms with Gasteiger partial charge in [0.15, 0.2) is 0 Å². The maximum atomic E-state index is 12.2. The predicted molar refractivity (Wildman–Crippen MR) is 410 cm³/mol. The van der Waals surface area contributed by atoms with E-state index < -0.39 is 29.5 Å². The molecule has 0 unspecified atom stereocenters. The lowest BCUT2D eigenvalue weighted by Gasteiger charge is -2.19. The number of carbonyl (C=O) groups excluding carboxylic acids is 4. The van der Waals surface area contributed by atoms with E-state index >= 15 is 0 Å². The molecule has 434 valence electrons. The Kier molecular flexibility index (Phi) is 55.2. The van der Waals surface area contributed by atoms with Crippen molar-refractivity contribution in [1.82, 2.24) is 0 Å². The van der Waals surface area contributed by atoms with E-state index in [1.54, 1.807) is 275 Å². The summed E-state index contributed by atoms with van der Waals surface area (Å²) in [6.07, 6.45) is 1.42. The quantitative estimate of drug-likeness (QED) is 0.0850. The van der Waals surface area contributed by atoms with Crippen molar-refractivity contribution in [3.8, 4) is 17.2 Å². The number of hydrogen-bond donors (Lipinski definition) is 0. The van der Waals surface area contributed by atoms with Crippen molar-refractivity contribution in [1.29, 1.82) is 0 Å². The second-order valence-corrected chi connectivity index (χ2v) is 62.0. The molecule has 43 heteroatoms. The lowest BCUT2D eigenvalue weighted by molar-refractivity contribution is -0.155. The Labute approximate surface area is 560 Å². The molecule has 10 nitrogen and oxygen atoms in total. The fraction of sp³-hybridized carbons (Fsp3) is 0.353. The number of fused-ring (bicyclic) bond motifs is 1. The summed E-state index contributed by atoms with van der Waals surface area (Å²) in [5.74, 6) is -0.567. The van der Waals surface area contributed by atoms with Crippen LogP contribution in [0.1, 0.15) is 63.9 Å². The fourth-order valence-corrected chi connectivity index (χ4v) is 68.2. The van der Waals surface area contributed by atoms with Crippen molar-refractivity contribution < 1.29 is 47.6 Å². The lowest BCUT2D eigenvalue weighted by atomic mass is 10.0. The van der Waals surface area contributed by atoms with E-state index in [1.807, 2.05) is 6.07 Å². The van der Waals surface area contributed by atoms with E-state index in [0.717, 1.165) is 8.95 Å². The molecule has 0 spiro atoms. The number of hydrogen-bond acceptors (Lipinski definition) is 14. The molecule has 0 bridgehead atoms. The summed E-state index contributed by atoms with van der Waals surface area (Å²) in [5, 5.41) is 1.32. The van der Waals surface area contributed by atoms with Crippen LogP contribution < -0.4 is 14.2 Å². The third-order valence-electron chi connectivity index (χ3n) is 6.46. The first kappa shape index (κ1) is 79.9. The number of carbonyl (C=O) groups is 4. The van der Waals surface area contributed by atoms with Gasteiger partial charge < -0.3 is 28.4 Å². The molecule has 3 aromatic carbocycles. The maximum Gasteiger partial charge on any atom is 0.338 e. The molecule has 77 heavy (non-hydrogen) atoms. The molecule has 0 aliphatic heterocycles. The first-order valence-corrected chi connectivity index (χ1v) is 59.3. The average molecular weight is 1760 g/mol. The molecule has 0 heterocycles. The highest BCUT2D eigenvalue weighted by Crippen LogP contribution is 2.37. The minimum Gasteiger partial charge on any atom is -0.496 e. The third-order valence-corrected chi connectivity index (χ3v) is 63.0. The fourth-order valence-electron chi connectivity index (χ4n) is 4.29. The van der Waals surface area contributed by atoms with Gasteiger partial charge in [0.2, 0.25) is 0 Å². The Bertz CT molecular complexity index is 3790. The van der Waals surface area contributed by atoms with E-state index in [9.17, 15) is 19.2 Å². The summed E-state index contributed by atoms with van der Waals surface area (Å²) in [5.41, 5.74) is 0.567. The number of ether oxygens (including phenoxy) is 6. The monoisotopic (exact) mass is 1760 g/mol. The SMILES string of the molecule is CCOC(=O)/C(=C/c1ccc(Br)cc1OC)CC(=O)OC(C)(C)C.CCOC(=O)c1cc(OC(C)=O)c2cc(Br)cc(OC)c2c1.S=S=S=S=S=S=S=S=S=S=S=S=S=S=S.S=S=S=S=S=S=S=S=S=S=S=S=S=S=S=S. The van der Waals surface area contributed by atoms with Crippen molar-refractivity contribution in [3.63, 3.8) is 0 Å². The first-order valence-electron chi connectivity index (χ1n) is 19.1. The van der Waals surface area contributed by atoms with Crippen LogP contribution >= 0.6 is 31.9 Å². The largest absolute Gasteiger partial charge is 0.496 e. The van der Waals surface area contributed by atoms with Crippen molar-refractivity contribution in [3.05, 3.63) is 68.1 Å². The zero-order chi connectivity index (χ0) is 57.7. The van der Waals surface area contributed by atoms with Crippen LogP contribution in [0.15, 0.2) is 57.0 Å². The number of esters is 4. The summed E-state index contributed by atoms with van der Waals surface area (Å²) in [6.45, 7) is 10.5. The Hall–Kier alpha value is 2.92. The highest BCUT2D eigenvalue weighted by atomic mass is 79.9. The van der Waals surface area contributed by atoms with Crippen LogP contribution in [0.5, 0.6) is 17.2 Å². The van der Waals surface area contributed by atoms with Crippen molar-refractivity contribution in [2.45, 2.75) is 53.6 Å². The highest BCUT2D eigenvalue weighted by molar-refractivity contribution is 9.10. The summed E-state index contributed by atoms with van der Waals surface area (Å²) in [4.78, 5) is 47.5. The molecule has 3 aromatic rings. The molecule has 0 aromatic heterocycles. The van der Waals surface area contributed by atoms with Gasteiger partial charge in [-0.1, -0.05) is 37.9 Å². The highest BCUT2D eigenvalue weighted by Gasteiger charge is 2.22. The second-order valence-electron chi connectivity index (χ2n) is 12.4. The molecule has 0 saturated carbocycles. The van der Waals surface area contributed by atoms with Crippen molar-refractivity contribution in [2.75, 3.05) is 27.4 Å². The van der Waals surface area contributed by atoms with E-state index in [1.165, 1.54) is 62.7 Å². The van der Waals surface area contributed by atoms with Gasteiger partial charge in [-0.25, -0.2) is 9.59 Å². The van der Waals surface area contributed by atoms with Gasteiger partial charge >= 0.3 is 23.9 Å². The average Bonchev–Trinajstić information content (AvgIpc) is 3.38. The van der Waals surface area contributed by atoms with E-state index in [-0.39, 0.29) is 31.0 Å². The van der Waals surface area contributed by atoms with Crippen LogP contribution in [0.4, 0.5) is 0 Å². The molecule has 0 aliphatic rings. The van der Waals surface area contributed by atoms with Gasteiger partial charge in [0.25, 0.3) is 0 Å². The van der Waals surface area contributed by atoms with Crippen molar-refractivity contribution in [2.24, 2.45) is 0 Å². The van der Waals surface area contributed by atoms with Gasteiger partial charge in [-0.15, -0.1) is 0 Å². The number of benzene rings is 3. The Morgan fingerprint density at radius 1 is 0.532 bits per heavy atom. The molecule has 0 atom stereocenters. The third kappa shape index (κ3) is 43.2. The van der Waals surface area contributed by atoms with Gasteiger partial charge in [-0.2, -0.15) is 0 Å². The molecule has 0 fully saturated rings. The number of methoxy groups -OCH3 is 2. The van der Waals surface area contributed by atoms with Crippen LogP contribution in [-0.4, -0.2) is 56.9 Å². The zero-order valence-corrected chi connectivity index (χ0v) is 68.2. The smallest absolute Gasteiger partial charge is 0.338 e. The topological polar surface area (TPSA) is 124 Å². The molecule has 3 rings (SSSR count). The van der Waals surface area contributed by atoms with Gasteiger partial charge in [-0.05, 0) is 77.1 Å². The molecule has 0 saturated heterocycles. The van der Waals surface area contributed by atoms with Gasteiger partial charge in [0.05, 0.1) is 39.4 Å². The summed E-state index contributed by atoms with van der Waals surface area (Å²) >= 11 is 25.7. The molecule has 0 amide bonds. The van der Waals surface area contributed by atoms with Gasteiger partial charge in [0.1, 0.15) is 22.8 Å². The van der Waals surface area contributed by atoms with Crippen LogP contribution in [0.3, 0.4) is 0 Å². The summed E-state index contributed by atoms with van der Waals surface area (Å²) in [6, 6.07) is 12.1. The summed E-state index contributed by atoms with van der Waals surface area (Å²) < 4.78 is 32.8. The van der Waals surface area contributed by atoms with Gasteiger partial charge in [-0.3, -0.25) is 9.59 Å². The Morgan fingerprint density at radius 2 is 0.935 bits per heavy atom. The number of halogens is 2. The van der Waals surface area contributed by atoms with Crippen molar-refractivity contribution >= 4 is 357 Å². The van der Waals surface area contributed by atoms with Crippen LogP contribution in [0.25, 0.3) is 16.8 Å². The number of rotatable bonds is 10. The van der Waals surface area contributed by atoms with E-state index in [0.29, 0.717) is 33.4 Å². The predicted octanol–water partition coefficient (Wildman–Crippen LogP) is 7.77. The molecular weight excluding hydrogens is 1720 g/mol. The second kappa shape index (κ2) is 53.2. The molecule has 0 N–H and O–H groups in total. The van der Waals surface area contributed by atoms with E-state index in [2.05, 4.69) is 31.9 Å². The molecule has 0 aliphatic carbocycles. The normalized spacial score (nSPS) is 9.56. The van der Waals surface area contributed by atoms with E-state index in [4.69, 9.17) is 73.2 Å². The van der Waals surface area contributed by atoms with Crippen LogP contribution in [0.2, 0.25) is 0 Å². The minimum atomic E-state index is -0.619.